The van der Waals surface area contributed by atoms with Crippen molar-refractivity contribution in [1.29, 1.82) is 0 Å². The Morgan fingerprint density at radius 3 is 2.50 bits per heavy atom. The molecule has 0 spiro atoms. The molecule has 0 amide bonds. The van der Waals surface area contributed by atoms with Crippen LogP contribution in [0.1, 0.15) is 19.4 Å². The lowest BCUT2D eigenvalue weighted by Crippen LogP contribution is -2.23. The third-order valence-corrected chi connectivity index (χ3v) is 4.94. The summed E-state index contributed by atoms with van der Waals surface area (Å²) >= 11 is 0. The van der Waals surface area contributed by atoms with Crippen LogP contribution in [0.4, 0.5) is 0 Å². The molecule has 0 radical (unpaired) electrons. The van der Waals surface area contributed by atoms with Crippen LogP contribution in [0.2, 0.25) is 0 Å². The number of hydrogen-bond donors (Lipinski definition) is 1. The van der Waals surface area contributed by atoms with Crippen molar-refractivity contribution in [2.45, 2.75) is 18.7 Å². The first-order valence-electron chi connectivity index (χ1n) is 5.82. The standard InChI is InChI=1S/C13H12O6S/c1-3-19-13(16)10(15)11-7(2)8-5-4-6-9(14)12(8)20(11,17)18/h4-6,14H,3H2,1-2H3. The number of carbonyl (C=O) groups excluding carboxylic acids is 2. The first kappa shape index (κ1) is 14.3. The summed E-state index contributed by atoms with van der Waals surface area (Å²) in [5.74, 6) is -2.90. The van der Waals surface area contributed by atoms with Crippen LogP contribution < -0.4 is 0 Å². The molecular formula is C13H12O6S. The molecule has 1 aromatic rings. The lowest BCUT2D eigenvalue weighted by Gasteiger charge is -2.04. The van der Waals surface area contributed by atoms with Crippen molar-refractivity contribution in [1.82, 2.24) is 0 Å². The number of hydrogen-bond acceptors (Lipinski definition) is 6. The van der Waals surface area contributed by atoms with Gasteiger partial charge in [0.15, 0.2) is 0 Å². The highest BCUT2D eigenvalue weighted by molar-refractivity contribution is 7.97. The Labute approximate surface area is 115 Å². The molecule has 6 nitrogen and oxygen atoms in total. The average Bonchev–Trinajstić information content (AvgIpc) is 2.57. The Bertz CT molecular complexity index is 742. The van der Waals surface area contributed by atoms with Crippen molar-refractivity contribution in [3.05, 3.63) is 28.7 Å². The van der Waals surface area contributed by atoms with Gasteiger partial charge < -0.3 is 9.84 Å². The van der Waals surface area contributed by atoms with Crippen LogP contribution in [0.15, 0.2) is 28.0 Å². The van der Waals surface area contributed by atoms with Crippen molar-refractivity contribution in [2.24, 2.45) is 0 Å². The molecule has 0 saturated carbocycles. The predicted molar refractivity (Wildman–Crippen MR) is 69.5 cm³/mol. The molecule has 0 bridgehead atoms. The molecule has 7 heteroatoms. The Morgan fingerprint density at radius 1 is 1.30 bits per heavy atom. The quantitative estimate of drug-likeness (QED) is 0.661. The SMILES string of the molecule is CCOC(=O)C(=O)C1=C(C)c2cccc(O)c2S1(=O)=O. The number of esters is 1. The summed E-state index contributed by atoms with van der Waals surface area (Å²) in [7, 11) is -4.21. The maximum atomic E-state index is 12.3. The van der Waals surface area contributed by atoms with E-state index in [1.165, 1.54) is 32.0 Å². The fraction of sp³-hybridized carbons (Fsp3) is 0.231. The third kappa shape index (κ3) is 1.90. The second-order valence-corrected chi connectivity index (χ2v) is 5.98. The molecule has 20 heavy (non-hydrogen) atoms. The van der Waals surface area contributed by atoms with E-state index < -0.39 is 32.2 Å². The Morgan fingerprint density at radius 2 is 1.95 bits per heavy atom. The van der Waals surface area contributed by atoms with Crippen LogP contribution >= 0.6 is 0 Å². The minimum absolute atomic E-state index is 0.0326. The van der Waals surface area contributed by atoms with Gasteiger partial charge in [-0.15, -0.1) is 0 Å². The number of sulfone groups is 1. The highest BCUT2D eigenvalue weighted by atomic mass is 32.2. The Hall–Kier alpha value is -2.15. The zero-order valence-electron chi connectivity index (χ0n) is 10.8. The zero-order valence-corrected chi connectivity index (χ0v) is 11.7. The number of ketones is 1. The molecular weight excluding hydrogens is 284 g/mol. The number of rotatable bonds is 3. The van der Waals surface area contributed by atoms with Crippen LogP contribution in [-0.4, -0.2) is 31.9 Å². The van der Waals surface area contributed by atoms with Crippen LogP contribution in [0.25, 0.3) is 5.57 Å². The van der Waals surface area contributed by atoms with Gasteiger partial charge in [0.2, 0.25) is 9.84 Å². The van der Waals surface area contributed by atoms with E-state index in [9.17, 15) is 23.1 Å². The highest BCUT2D eigenvalue weighted by Crippen LogP contribution is 2.43. The number of allylic oxidation sites excluding steroid dienone is 1. The van der Waals surface area contributed by atoms with Gasteiger partial charge in [-0.1, -0.05) is 12.1 Å². The maximum absolute atomic E-state index is 12.3. The van der Waals surface area contributed by atoms with Crippen LogP contribution in [-0.2, 0) is 24.2 Å². The minimum Gasteiger partial charge on any atom is -0.507 e. The Balaban J connectivity index is 2.64. The number of Topliss-reactive ketones (excluding diaryl/α,β-unsaturated/α-hetero) is 1. The number of phenols is 1. The summed E-state index contributed by atoms with van der Waals surface area (Å²) in [6.07, 6.45) is 0. The minimum atomic E-state index is -4.21. The monoisotopic (exact) mass is 296 g/mol. The van der Waals surface area contributed by atoms with Gasteiger partial charge >= 0.3 is 5.97 Å². The van der Waals surface area contributed by atoms with Crippen LogP contribution in [0.3, 0.4) is 0 Å². The first-order valence-corrected chi connectivity index (χ1v) is 7.30. The Kier molecular flexibility index (Phi) is 3.39. The van der Waals surface area contributed by atoms with Gasteiger partial charge in [0.1, 0.15) is 15.6 Å². The van der Waals surface area contributed by atoms with Crippen molar-refractivity contribution < 1.29 is 27.9 Å². The van der Waals surface area contributed by atoms with Crippen LogP contribution in [0, 0.1) is 0 Å². The summed E-state index contributed by atoms with van der Waals surface area (Å²) in [5.41, 5.74) is 0.353. The number of carbonyl (C=O) groups is 2. The molecule has 0 aromatic heterocycles. The molecule has 1 aliphatic heterocycles. The van der Waals surface area contributed by atoms with Gasteiger partial charge in [0.25, 0.3) is 5.78 Å². The van der Waals surface area contributed by atoms with Gasteiger partial charge in [-0.05, 0) is 25.5 Å². The van der Waals surface area contributed by atoms with Gasteiger partial charge in [0.05, 0.1) is 6.61 Å². The zero-order chi connectivity index (χ0) is 15.1. The van der Waals surface area contributed by atoms with E-state index in [0.717, 1.165) is 0 Å². The molecule has 106 valence electrons. The van der Waals surface area contributed by atoms with Gasteiger partial charge in [0, 0.05) is 5.56 Å². The summed E-state index contributed by atoms with van der Waals surface area (Å²) in [5, 5.41) is 9.69. The highest BCUT2D eigenvalue weighted by Gasteiger charge is 2.42. The van der Waals surface area contributed by atoms with E-state index in [4.69, 9.17) is 0 Å². The normalized spacial score (nSPS) is 15.9. The third-order valence-electron chi connectivity index (χ3n) is 2.94. The van der Waals surface area contributed by atoms with Crippen molar-refractivity contribution >= 4 is 27.2 Å². The maximum Gasteiger partial charge on any atom is 0.380 e. The lowest BCUT2D eigenvalue weighted by atomic mass is 10.1. The molecule has 1 aliphatic rings. The van der Waals surface area contributed by atoms with E-state index in [-0.39, 0.29) is 22.6 Å². The van der Waals surface area contributed by atoms with E-state index in [1.807, 2.05) is 0 Å². The summed E-state index contributed by atoms with van der Waals surface area (Å²) in [4.78, 5) is 22.4. The molecule has 0 fully saturated rings. The van der Waals surface area contributed by atoms with Crippen molar-refractivity contribution in [3.8, 4) is 5.75 Å². The molecule has 0 saturated heterocycles. The van der Waals surface area contributed by atoms with Crippen molar-refractivity contribution in [3.63, 3.8) is 0 Å². The second-order valence-electron chi connectivity index (χ2n) is 4.16. The number of fused-ring (bicyclic) bond motifs is 1. The lowest BCUT2D eigenvalue weighted by molar-refractivity contribution is -0.151. The molecule has 1 aromatic carbocycles. The fourth-order valence-corrected chi connectivity index (χ4v) is 4.01. The average molecular weight is 296 g/mol. The molecule has 1 heterocycles. The van der Waals surface area contributed by atoms with Gasteiger partial charge in [-0.3, -0.25) is 4.79 Å². The number of aromatic hydroxyl groups is 1. The smallest absolute Gasteiger partial charge is 0.380 e. The predicted octanol–water partition coefficient (Wildman–Crippen LogP) is 1.04. The second kappa shape index (κ2) is 4.75. The molecule has 0 atom stereocenters. The summed E-state index contributed by atoms with van der Waals surface area (Å²) < 4.78 is 29.2. The topological polar surface area (TPSA) is 97.7 Å². The first-order chi connectivity index (χ1) is 9.32. The van der Waals surface area contributed by atoms with Gasteiger partial charge in [-0.2, -0.15) is 0 Å². The summed E-state index contributed by atoms with van der Waals surface area (Å²) in [6.45, 7) is 2.89. The van der Waals surface area contributed by atoms with E-state index in [0.29, 0.717) is 0 Å². The number of phenolic OH excluding ortho intramolecular Hbond substituents is 1. The molecule has 2 rings (SSSR count). The fourth-order valence-electron chi connectivity index (χ4n) is 2.11. The molecule has 1 N–H and O–H groups in total. The van der Waals surface area contributed by atoms with Gasteiger partial charge in [-0.25, -0.2) is 13.2 Å². The number of benzene rings is 1. The van der Waals surface area contributed by atoms with Crippen molar-refractivity contribution in [2.75, 3.05) is 6.61 Å². The van der Waals surface area contributed by atoms with E-state index >= 15 is 0 Å². The molecule has 0 aliphatic carbocycles. The number of ether oxygens (including phenoxy) is 1. The van der Waals surface area contributed by atoms with Crippen LogP contribution in [0.5, 0.6) is 5.75 Å². The van der Waals surface area contributed by atoms with E-state index in [2.05, 4.69) is 4.74 Å². The largest absolute Gasteiger partial charge is 0.507 e. The summed E-state index contributed by atoms with van der Waals surface area (Å²) in [6, 6.07) is 4.14. The van der Waals surface area contributed by atoms with E-state index in [1.54, 1.807) is 0 Å². The molecule has 0 unspecified atom stereocenters.